The Balaban J connectivity index is 2.35. The van der Waals surface area contributed by atoms with E-state index >= 15 is 0 Å². The molecule has 0 fully saturated rings. The van der Waals surface area contributed by atoms with Crippen LogP contribution in [0.2, 0.25) is 0 Å². The van der Waals surface area contributed by atoms with Crippen LogP contribution in [0.3, 0.4) is 0 Å². The second-order valence-electron chi connectivity index (χ2n) is 2.59. The van der Waals surface area contributed by atoms with Gasteiger partial charge in [0.05, 0.1) is 11.9 Å². The van der Waals surface area contributed by atoms with E-state index in [-0.39, 0.29) is 0 Å². The van der Waals surface area contributed by atoms with Crippen LogP contribution in [0.15, 0.2) is 30.9 Å². The summed E-state index contributed by atoms with van der Waals surface area (Å²) >= 11 is 0. The predicted molar refractivity (Wildman–Crippen MR) is 48.8 cm³/mol. The molecule has 0 saturated carbocycles. The Kier molecular flexibility index (Phi) is 1.76. The van der Waals surface area contributed by atoms with E-state index in [1.807, 2.05) is 0 Å². The van der Waals surface area contributed by atoms with Crippen molar-refractivity contribution in [3.63, 3.8) is 0 Å². The van der Waals surface area contributed by atoms with Crippen LogP contribution in [0.1, 0.15) is 0 Å². The van der Waals surface area contributed by atoms with Gasteiger partial charge in [0, 0.05) is 12.4 Å². The number of nitrogens with two attached hydrogens (primary N) is 2. The van der Waals surface area contributed by atoms with Crippen molar-refractivity contribution < 1.29 is 5.23 Å². The van der Waals surface area contributed by atoms with Gasteiger partial charge in [-0.2, -0.15) is 16.1 Å². The summed E-state index contributed by atoms with van der Waals surface area (Å²) in [6.07, 6.45) is 6.61. The Morgan fingerprint density at radius 1 is 1.54 bits per heavy atom. The molecule has 6 heteroatoms. The van der Waals surface area contributed by atoms with Crippen LogP contribution < -0.4 is 21.8 Å². The van der Waals surface area contributed by atoms with E-state index in [4.69, 9.17) is 11.6 Å². The molecule has 0 saturated heterocycles. The van der Waals surface area contributed by atoms with Crippen LogP contribution in [0.25, 0.3) is 5.43 Å². The molecule has 2 rings (SSSR count). The van der Waals surface area contributed by atoms with E-state index in [0.717, 1.165) is 5.69 Å². The van der Waals surface area contributed by atoms with Gasteiger partial charge in [-0.1, -0.05) is 0 Å². The minimum absolute atomic E-state index is 0.415. The maximum atomic E-state index is 5.71. The van der Waals surface area contributed by atoms with E-state index in [2.05, 4.69) is 10.4 Å². The first kappa shape index (κ1) is 7.84. The Bertz CT molecular complexity index is 336. The average Bonchev–Trinajstić information content (AvgIpc) is 2.52. The Morgan fingerprint density at radius 2 is 2.38 bits per heavy atom. The van der Waals surface area contributed by atoms with Crippen molar-refractivity contribution >= 4 is 11.4 Å². The summed E-state index contributed by atoms with van der Waals surface area (Å²) in [5.41, 5.74) is 11.0. The summed E-state index contributed by atoms with van der Waals surface area (Å²) in [4.78, 5) is 3.88. The molecule has 0 radical (unpaired) electrons. The molecule has 68 valence electrons. The van der Waals surface area contributed by atoms with E-state index in [9.17, 15) is 0 Å². The van der Waals surface area contributed by atoms with E-state index < -0.39 is 0 Å². The molecule has 1 aliphatic heterocycles. The molecular weight excluding hydrogens is 168 g/mol. The highest BCUT2D eigenvalue weighted by Crippen LogP contribution is 2.19. The van der Waals surface area contributed by atoms with Crippen LogP contribution in [-0.2, 0) is 0 Å². The van der Waals surface area contributed by atoms with Gasteiger partial charge in [-0.15, -0.1) is 6.20 Å². The van der Waals surface area contributed by atoms with Crippen molar-refractivity contribution in [1.82, 2.24) is 4.98 Å². The van der Waals surface area contributed by atoms with E-state index in [0.29, 0.717) is 10.9 Å². The van der Waals surface area contributed by atoms with Crippen molar-refractivity contribution in [2.24, 2.45) is 5.84 Å². The SMILES string of the molecule is Nc1cnccc1N1C=C[N-][NH+]1N. The molecule has 0 aliphatic carbocycles. The lowest BCUT2D eigenvalue weighted by Crippen LogP contribution is -3.18. The van der Waals surface area contributed by atoms with Crippen LogP contribution in [0.5, 0.6) is 0 Å². The van der Waals surface area contributed by atoms with Crippen molar-refractivity contribution in [1.29, 1.82) is 0 Å². The lowest BCUT2D eigenvalue weighted by molar-refractivity contribution is -0.872. The van der Waals surface area contributed by atoms with Gasteiger partial charge in [0.25, 0.3) is 0 Å². The number of pyridine rings is 1. The van der Waals surface area contributed by atoms with E-state index in [1.165, 1.54) is 0 Å². The number of nitrogen functional groups attached to an aromatic ring is 1. The molecule has 1 atom stereocenters. The first-order valence-electron chi connectivity index (χ1n) is 3.77. The van der Waals surface area contributed by atoms with Gasteiger partial charge in [-0.3, -0.25) is 4.98 Å². The molecule has 2 heterocycles. The van der Waals surface area contributed by atoms with Crippen molar-refractivity contribution in [2.45, 2.75) is 0 Å². The fraction of sp³-hybridized carbons (Fsp3) is 0. The number of hydrogen-bond donors (Lipinski definition) is 3. The highest BCUT2D eigenvalue weighted by atomic mass is 15.9. The average molecular weight is 178 g/mol. The quantitative estimate of drug-likeness (QED) is 0.477. The van der Waals surface area contributed by atoms with Gasteiger partial charge >= 0.3 is 0 Å². The Hall–Kier alpha value is -1.79. The van der Waals surface area contributed by atoms with Crippen molar-refractivity contribution in [3.05, 3.63) is 36.3 Å². The Morgan fingerprint density at radius 3 is 3.00 bits per heavy atom. The number of anilines is 2. The summed E-state index contributed by atoms with van der Waals surface area (Å²) in [5, 5.41) is 2.12. The normalized spacial score (nSPS) is 20.4. The minimum atomic E-state index is 0.415. The smallest absolute Gasteiger partial charge is 0.121 e. The molecule has 0 spiro atoms. The lowest BCUT2D eigenvalue weighted by Gasteiger charge is -2.26. The molecule has 5 N–H and O–H groups in total. The largest absolute Gasteiger partial charge is 0.447 e. The summed E-state index contributed by atoms with van der Waals surface area (Å²) < 4.78 is 0. The topological polar surface area (TPSA) is 86.7 Å². The van der Waals surface area contributed by atoms with Gasteiger partial charge in [0.2, 0.25) is 0 Å². The third-order valence-corrected chi connectivity index (χ3v) is 1.76. The van der Waals surface area contributed by atoms with Gasteiger partial charge in [0.15, 0.2) is 0 Å². The number of rotatable bonds is 1. The third-order valence-electron chi connectivity index (χ3n) is 1.76. The highest BCUT2D eigenvalue weighted by molar-refractivity contribution is 5.65. The molecular formula is C7H10N6. The number of hydrogen-bond acceptors (Lipinski definition) is 4. The molecule has 1 aromatic heterocycles. The molecule has 1 unspecified atom stereocenters. The van der Waals surface area contributed by atoms with E-state index in [1.54, 1.807) is 35.9 Å². The summed E-state index contributed by atoms with van der Waals surface area (Å²) in [7, 11) is 0. The fourth-order valence-corrected chi connectivity index (χ4v) is 1.14. The first-order chi connectivity index (χ1) is 6.29. The zero-order valence-corrected chi connectivity index (χ0v) is 6.88. The number of nitrogens with one attached hydrogen (secondary N) is 1. The summed E-state index contributed by atoms with van der Waals surface area (Å²) in [6, 6.07) is 1.79. The second kappa shape index (κ2) is 2.92. The molecule has 0 bridgehead atoms. The van der Waals surface area contributed by atoms with Crippen molar-refractivity contribution in [2.75, 3.05) is 10.7 Å². The number of quaternary nitrogens is 1. The zero-order valence-electron chi connectivity index (χ0n) is 6.88. The van der Waals surface area contributed by atoms with Crippen LogP contribution in [0.4, 0.5) is 11.4 Å². The van der Waals surface area contributed by atoms with Crippen LogP contribution in [-0.4, -0.2) is 4.98 Å². The van der Waals surface area contributed by atoms with Gasteiger partial charge in [-0.05, 0) is 6.07 Å². The van der Waals surface area contributed by atoms with Crippen LogP contribution >= 0.6 is 0 Å². The second-order valence-corrected chi connectivity index (χ2v) is 2.59. The van der Waals surface area contributed by atoms with Crippen LogP contribution in [0, 0.1) is 0 Å². The Labute approximate surface area is 75.3 Å². The standard InChI is InChI=1S/C7H10N6/c8-6-5-10-2-1-7(6)12-4-3-11-13(12)9/h1-5,13H,8-9H2. The van der Waals surface area contributed by atoms with Crippen molar-refractivity contribution in [3.8, 4) is 0 Å². The molecule has 1 aromatic rings. The molecule has 0 amide bonds. The molecule has 0 aromatic carbocycles. The maximum Gasteiger partial charge on any atom is 0.121 e. The predicted octanol–water partition coefficient (Wildman–Crippen LogP) is -1.08. The molecule has 6 nitrogen and oxygen atoms in total. The highest BCUT2D eigenvalue weighted by Gasteiger charge is 2.14. The third kappa shape index (κ3) is 1.28. The molecule has 1 aliphatic rings. The van der Waals surface area contributed by atoms with Gasteiger partial charge in [0.1, 0.15) is 5.69 Å². The fourth-order valence-electron chi connectivity index (χ4n) is 1.14. The summed E-state index contributed by atoms with van der Waals surface area (Å²) in [5.74, 6) is 5.62. The lowest BCUT2D eigenvalue weighted by atomic mass is 10.3. The monoisotopic (exact) mass is 178 g/mol. The molecule has 13 heavy (non-hydrogen) atoms. The van der Waals surface area contributed by atoms with Gasteiger partial charge < -0.3 is 11.2 Å². The number of aromatic nitrogens is 1. The number of nitrogens with zero attached hydrogens (tertiary/aromatic N) is 3. The van der Waals surface area contributed by atoms with Gasteiger partial charge in [-0.25, -0.2) is 0 Å². The zero-order chi connectivity index (χ0) is 9.26. The minimum Gasteiger partial charge on any atom is -0.447 e. The first-order valence-corrected chi connectivity index (χ1v) is 3.77. The summed E-state index contributed by atoms with van der Waals surface area (Å²) in [6.45, 7) is 0. The maximum absolute atomic E-state index is 5.71.